The molecule has 2 aromatic rings. The quantitative estimate of drug-likeness (QED) is 0.791. The highest BCUT2D eigenvalue weighted by atomic mass is 32.1. The van der Waals surface area contributed by atoms with Gasteiger partial charge in [0.05, 0.1) is 10.3 Å². The molecule has 0 aliphatic heterocycles. The van der Waals surface area contributed by atoms with Gasteiger partial charge in [0, 0.05) is 24.9 Å². The summed E-state index contributed by atoms with van der Waals surface area (Å²) in [5, 5.41) is 0. The van der Waals surface area contributed by atoms with Gasteiger partial charge < -0.3 is 4.57 Å². The lowest BCUT2D eigenvalue weighted by molar-refractivity contribution is -0.700. The van der Waals surface area contributed by atoms with Crippen molar-refractivity contribution in [1.82, 2.24) is 9.55 Å². The minimum atomic E-state index is 0.0269. The van der Waals surface area contributed by atoms with Crippen molar-refractivity contribution < 1.29 is 4.57 Å². The number of aryl methyl sites for hydroxylation is 1. The average molecular weight is 278 g/mol. The van der Waals surface area contributed by atoms with Gasteiger partial charge >= 0.3 is 0 Å². The van der Waals surface area contributed by atoms with E-state index in [0.29, 0.717) is 0 Å². The van der Waals surface area contributed by atoms with E-state index in [1.807, 2.05) is 23.7 Å². The van der Waals surface area contributed by atoms with Crippen molar-refractivity contribution in [1.29, 1.82) is 0 Å². The molecule has 0 atom stereocenters. The zero-order valence-electron chi connectivity index (χ0n) is 12.8. The van der Waals surface area contributed by atoms with Crippen LogP contribution in [0.15, 0.2) is 24.1 Å². The van der Waals surface area contributed by atoms with Gasteiger partial charge in [-0.3, -0.25) is 0 Å². The van der Waals surface area contributed by atoms with Crippen LogP contribution in [-0.2, 0) is 24.4 Å². The fourth-order valence-corrected chi connectivity index (χ4v) is 3.27. The molecule has 0 amide bonds. The summed E-state index contributed by atoms with van der Waals surface area (Å²) in [5.74, 6) is 1.13. The molecule has 2 aromatic heterocycles. The molecule has 0 aromatic carbocycles. The van der Waals surface area contributed by atoms with E-state index in [-0.39, 0.29) is 10.8 Å². The molecule has 0 bridgehead atoms. The van der Waals surface area contributed by atoms with Gasteiger partial charge in [-0.15, -0.1) is 0 Å². The Hall–Kier alpha value is -1.16. The minimum absolute atomic E-state index is 0.0269. The highest BCUT2D eigenvalue weighted by molar-refractivity contribution is 7.09. The Labute approximate surface area is 119 Å². The van der Waals surface area contributed by atoms with Crippen LogP contribution >= 0.6 is 11.3 Å². The summed E-state index contributed by atoms with van der Waals surface area (Å²) in [5.41, 5.74) is 2.47. The molecule has 0 N–H and O–H groups in total. The van der Waals surface area contributed by atoms with Crippen LogP contribution < -0.4 is 4.57 Å². The topological polar surface area (TPSA) is 21.7 Å². The number of thiazole rings is 1. The summed E-state index contributed by atoms with van der Waals surface area (Å²) in [6, 6.07) is 0. The maximum atomic E-state index is 4.49. The van der Waals surface area contributed by atoms with E-state index in [9.17, 15) is 0 Å². The van der Waals surface area contributed by atoms with Gasteiger partial charge in [0.1, 0.15) is 5.82 Å². The Morgan fingerprint density at radius 3 is 2.42 bits per heavy atom. The first-order valence-electron chi connectivity index (χ1n) is 6.66. The summed E-state index contributed by atoms with van der Waals surface area (Å²) in [6.07, 6.45) is 6.15. The van der Waals surface area contributed by atoms with Crippen LogP contribution in [0.25, 0.3) is 0 Å². The molecular formula is C15H24N3S+. The van der Waals surface area contributed by atoms with E-state index < -0.39 is 0 Å². The highest BCUT2D eigenvalue weighted by Gasteiger charge is 2.31. The van der Waals surface area contributed by atoms with Gasteiger partial charge in [0.25, 0.3) is 0 Å². The second-order valence-electron chi connectivity index (χ2n) is 6.88. The van der Waals surface area contributed by atoms with Crippen molar-refractivity contribution in [3.8, 4) is 0 Å². The van der Waals surface area contributed by atoms with Crippen molar-refractivity contribution in [3.63, 3.8) is 0 Å². The summed E-state index contributed by atoms with van der Waals surface area (Å²) >= 11 is 1.83. The first kappa shape index (κ1) is 14.3. The molecular weight excluding hydrogens is 254 g/mol. The van der Waals surface area contributed by atoms with Crippen LogP contribution in [0, 0.1) is 0 Å². The van der Waals surface area contributed by atoms with Crippen molar-refractivity contribution >= 4 is 11.3 Å². The molecule has 0 spiro atoms. The molecule has 0 aliphatic rings. The van der Waals surface area contributed by atoms with Crippen molar-refractivity contribution in [2.24, 2.45) is 7.05 Å². The fourth-order valence-electron chi connectivity index (χ4n) is 2.33. The lowest BCUT2D eigenvalue weighted by atomic mass is 9.92. The first-order chi connectivity index (χ1) is 8.70. The molecule has 0 unspecified atom stereocenters. The number of hydrogen-bond acceptors (Lipinski definition) is 2. The zero-order chi connectivity index (χ0) is 14.3. The third-order valence-electron chi connectivity index (χ3n) is 3.34. The van der Waals surface area contributed by atoms with Gasteiger partial charge in [0.2, 0.25) is 5.51 Å². The maximum absolute atomic E-state index is 4.49. The monoisotopic (exact) mass is 278 g/mol. The summed E-state index contributed by atoms with van der Waals surface area (Å²) in [6.45, 7) is 12.2. The Balaban J connectivity index is 2.21. The fraction of sp³-hybridized carbons (Fsp3) is 0.600. The number of nitrogens with zero attached hydrogens (tertiary/aromatic N) is 3. The van der Waals surface area contributed by atoms with Gasteiger partial charge in [0.15, 0.2) is 12.7 Å². The van der Waals surface area contributed by atoms with E-state index in [1.54, 1.807) is 0 Å². The average Bonchev–Trinajstić information content (AvgIpc) is 2.85. The van der Waals surface area contributed by atoms with Crippen LogP contribution in [0.3, 0.4) is 0 Å². The minimum Gasteiger partial charge on any atom is -0.337 e. The third-order valence-corrected chi connectivity index (χ3v) is 4.69. The second-order valence-corrected chi connectivity index (χ2v) is 7.77. The van der Waals surface area contributed by atoms with E-state index >= 15 is 0 Å². The molecule has 0 radical (unpaired) electrons. The summed E-state index contributed by atoms with van der Waals surface area (Å²) in [7, 11) is 2.06. The Morgan fingerprint density at radius 1 is 1.26 bits per heavy atom. The van der Waals surface area contributed by atoms with Crippen molar-refractivity contribution in [2.45, 2.75) is 52.0 Å². The van der Waals surface area contributed by atoms with Gasteiger partial charge in [-0.05, 0) is 13.8 Å². The maximum Gasteiger partial charge on any atom is 0.225 e. The number of aromatic nitrogens is 3. The van der Waals surface area contributed by atoms with Crippen molar-refractivity contribution in [2.75, 3.05) is 0 Å². The third kappa shape index (κ3) is 3.06. The molecule has 0 saturated heterocycles. The first-order valence-corrected chi connectivity index (χ1v) is 7.54. The number of hydrogen-bond donors (Lipinski definition) is 0. The van der Waals surface area contributed by atoms with Crippen LogP contribution in [0.1, 0.15) is 45.3 Å². The highest BCUT2D eigenvalue weighted by Crippen LogP contribution is 2.26. The van der Waals surface area contributed by atoms with Crippen LogP contribution in [0.5, 0.6) is 0 Å². The SMILES string of the molecule is Cn1ccnc1C(C)(C)C[n+]1csc(C(C)(C)C)c1. The molecule has 0 saturated carbocycles. The van der Waals surface area contributed by atoms with Crippen LogP contribution in [0.4, 0.5) is 0 Å². The van der Waals surface area contributed by atoms with E-state index in [2.05, 4.69) is 67.5 Å². The standard InChI is InChI=1S/C15H24N3S/c1-14(2,3)12-9-18(11-19-12)10-15(4,5)13-16-7-8-17(13)6/h7-9,11H,10H2,1-6H3/q+1. The molecule has 4 heteroatoms. The van der Waals surface area contributed by atoms with Crippen molar-refractivity contribution in [3.05, 3.63) is 34.8 Å². The molecule has 19 heavy (non-hydrogen) atoms. The predicted molar refractivity (Wildman–Crippen MR) is 79.4 cm³/mol. The lowest BCUT2D eigenvalue weighted by Gasteiger charge is -2.20. The molecule has 3 nitrogen and oxygen atoms in total. The molecule has 0 aliphatic carbocycles. The Bertz CT molecular complexity index is 558. The second kappa shape index (κ2) is 4.75. The largest absolute Gasteiger partial charge is 0.337 e. The van der Waals surface area contributed by atoms with Gasteiger partial charge in [-0.25, -0.2) is 4.98 Å². The number of rotatable bonds is 3. The molecule has 0 fully saturated rings. The zero-order valence-corrected chi connectivity index (χ0v) is 13.6. The Morgan fingerprint density at radius 2 is 1.95 bits per heavy atom. The van der Waals surface area contributed by atoms with Gasteiger partial charge in [-0.1, -0.05) is 32.1 Å². The molecule has 104 valence electrons. The summed E-state index contributed by atoms with van der Waals surface area (Å²) < 4.78 is 4.40. The molecule has 2 rings (SSSR count). The van der Waals surface area contributed by atoms with E-state index in [4.69, 9.17) is 0 Å². The lowest BCUT2D eigenvalue weighted by Crippen LogP contribution is -2.42. The Kier molecular flexibility index (Phi) is 3.56. The molecule has 2 heterocycles. The smallest absolute Gasteiger partial charge is 0.225 e. The van der Waals surface area contributed by atoms with E-state index in [1.165, 1.54) is 4.88 Å². The van der Waals surface area contributed by atoms with Crippen LogP contribution in [0.2, 0.25) is 0 Å². The predicted octanol–water partition coefficient (Wildman–Crippen LogP) is 3.04. The number of imidazole rings is 1. The summed E-state index contributed by atoms with van der Waals surface area (Å²) in [4.78, 5) is 5.91. The van der Waals surface area contributed by atoms with Gasteiger partial charge in [-0.2, -0.15) is 4.57 Å². The van der Waals surface area contributed by atoms with Crippen LogP contribution in [-0.4, -0.2) is 9.55 Å². The van der Waals surface area contributed by atoms with E-state index in [0.717, 1.165) is 12.4 Å². The normalized spacial score (nSPS) is 12.9.